The molecule has 2 fully saturated rings. The van der Waals surface area contributed by atoms with E-state index in [0.717, 1.165) is 80.7 Å². The topological polar surface area (TPSA) is 55.9 Å². The van der Waals surface area contributed by atoms with Crippen LogP contribution in [0.1, 0.15) is 64.7 Å². The lowest BCUT2D eigenvalue weighted by Gasteiger charge is -2.40. The van der Waals surface area contributed by atoms with Crippen molar-refractivity contribution in [3.63, 3.8) is 0 Å². The van der Waals surface area contributed by atoms with Gasteiger partial charge in [-0.3, -0.25) is 4.79 Å². The van der Waals surface area contributed by atoms with Gasteiger partial charge in [-0.15, -0.1) is 0 Å². The van der Waals surface area contributed by atoms with E-state index in [0.29, 0.717) is 16.1 Å². The van der Waals surface area contributed by atoms with Gasteiger partial charge in [0, 0.05) is 50.7 Å². The van der Waals surface area contributed by atoms with Crippen LogP contribution in [0, 0.1) is 6.92 Å². The number of benzene rings is 2. The minimum Gasteiger partial charge on any atom is -0.338 e. The third-order valence-electron chi connectivity index (χ3n) is 8.12. The number of aryl methyl sites for hydroxylation is 1. The van der Waals surface area contributed by atoms with Crippen LogP contribution < -0.4 is 5.32 Å². The highest BCUT2D eigenvalue weighted by molar-refractivity contribution is 6.42. The van der Waals surface area contributed by atoms with Crippen molar-refractivity contribution in [3.05, 3.63) is 68.7 Å². The maximum Gasteiger partial charge on any atom is 0.317 e. The Balaban J connectivity index is 1.33. The van der Waals surface area contributed by atoms with E-state index >= 15 is 0 Å². The molecule has 0 saturated carbocycles. The third kappa shape index (κ3) is 4.96. The van der Waals surface area contributed by atoms with E-state index in [1.807, 2.05) is 48.0 Å². The number of amides is 3. The third-order valence-corrected chi connectivity index (χ3v) is 8.85. The molecule has 3 amide bonds. The summed E-state index contributed by atoms with van der Waals surface area (Å²) >= 11 is 12.7. The second kappa shape index (κ2) is 10.6. The van der Waals surface area contributed by atoms with Gasteiger partial charge in [-0.1, -0.05) is 47.0 Å². The van der Waals surface area contributed by atoms with Crippen LogP contribution >= 0.6 is 23.2 Å². The molecule has 2 atom stereocenters. The molecule has 5 rings (SSSR count). The van der Waals surface area contributed by atoms with Crippen LogP contribution in [-0.2, 0) is 0 Å². The molecular formula is C28H34Cl2N4O2. The number of fused-ring (bicyclic) bond motifs is 1. The molecule has 3 aliphatic rings. The number of carbonyl (C=O) groups is 2. The van der Waals surface area contributed by atoms with Crippen molar-refractivity contribution in [3.8, 4) is 0 Å². The molecule has 6 nitrogen and oxygen atoms in total. The smallest absolute Gasteiger partial charge is 0.317 e. The number of carbonyl (C=O) groups excluding carboxylic acids is 2. The van der Waals surface area contributed by atoms with Crippen LogP contribution in [0.4, 0.5) is 4.79 Å². The van der Waals surface area contributed by atoms with Gasteiger partial charge >= 0.3 is 6.03 Å². The van der Waals surface area contributed by atoms with E-state index in [-0.39, 0.29) is 23.9 Å². The average molecular weight is 530 g/mol. The Bertz CT molecular complexity index is 1150. The van der Waals surface area contributed by atoms with E-state index in [2.05, 4.69) is 22.3 Å². The molecule has 2 aromatic carbocycles. The van der Waals surface area contributed by atoms with Gasteiger partial charge < -0.3 is 20.0 Å². The molecule has 0 spiro atoms. The lowest BCUT2D eigenvalue weighted by molar-refractivity contribution is 0.0740. The molecule has 2 unspecified atom stereocenters. The van der Waals surface area contributed by atoms with Crippen molar-refractivity contribution >= 4 is 35.1 Å². The molecule has 36 heavy (non-hydrogen) atoms. The highest BCUT2D eigenvalue weighted by atomic mass is 35.5. The minimum absolute atomic E-state index is 0.0556. The van der Waals surface area contributed by atoms with Crippen molar-refractivity contribution < 1.29 is 9.59 Å². The Morgan fingerprint density at radius 1 is 1.03 bits per heavy atom. The highest BCUT2D eigenvalue weighted by Crippen LogP contribution is 2.45. The zero-order valence-electron chi connectivity index (χ0n) is 21.0. The Hall–Kier alpha value is -2.28. The lowest BCUT2D eigenvalue weighted by Crippen LogP contribution is -2.54. The Morgan fingerprint density at radius 2 is 1.81 bits per heavy atom. The van der Waals surface area contributed by atoms with Crippen molar-refractivity contribution in [2.75, 3.05) is 39.8 Å². The number of urea groups is 1. The van der Waals surface area contributed by atoms with Gasteiger partial charge in [-0.05, 0) is 68.5 Å². The maximum absolute atomic E-state index is 13.2. The van der Waals surface area contributed by atoms with Gasteiger partial charge in [-0.25, -0.2) is 4.79 Å². The first-order valence-electron chi connectivity index (χ1n) is 12.9. The fourth-order valence-electron chi connectivity index (χ4n) is 6.15. The molecular weight excluding hydrogens is 495 g/mol. The SMILES string of the molecule is Cc1ccc2c(c1)C(=O)N(C)C2C(CCN1CCC(N2CCCNC2=O)CC1)c1ccc(Cl)c(Cl)c1. The molecule has 0 aliphatic carbocycles. The first-order chi connectivity index (χ1) is 17.3. The number of hydrogen-bond acceptors (Lipinski definition) is 3. The second-order valence-electron chi connectivity index (χ2n) is 10.4. The van der Waals surface area contributed by atoms with Crippen molar-refractivity contribution in [1.29, 1.82) is 0 Å². The fourth-order valence-corrected chi connectivity index (χ4v) is 6.45. The van der Waals surface area contributed by atoms with Gasteiger partial charge in [-0.2, -0.15) is 0 Å². The summed E-state index contributed by atoms with van der Waals surface area (Å²) in [6, 6.07) is 12.4. The number of nitrogens with zero attached hydrogens (tertiary/aromatic N) is 3. The minimum atomic E-state index is -0.0556. The number of hydrogen-bond donors (Lipinski definition) is 1. The molecule has 1 N–H and O–H groups in total. The van der Waals surface area contributed by atoms with Gasteiger partial charge in [0.2, 0.25) is 0 Å². The number of piperidine rings is 1. The van der Waals surface area contributed by atoms with Gasteiger partial charge in [0.25, 0.3) is 5.91 Å². The molecule has 0 radical (unpaired) electrons. The largest absolute Gasteiger partial charge is 0.338 e. The van der Waals surface area contributed by atoms with Crippen LogP contribution in [0.2, 0.25) is 10.0 Å². The molecule has 8 heteroatoms. The van der Waals surface area contributed by atoms with Gasteiger partial charge in [0.15, 0.2) is 0 Å². The monoisotopic (exact) mass is 528 g/mol. The summed E-state index contributed by atoms with van der Waals surface area (Å²) in [5, 5.41) is 4.05. The molecule has 3 aliphatic heterocycles. The maximum atomic E-state index is 13.2. The standard InChI is InChI=1S/C28H34Cl2N4O2/c1-18-4-6-22-23(16-18)27(35)32(2)26(22)21(19-5-7-24(29)25(30)17-19)10-15-33-13-8-20(9-14-33)34-12-3-11-31-28(34)36/h4-7,16-17,20-21,26H,3,8-15H2,1-2H3,(H,31,36). The summed E-state index contributed by atoms with van der Waals surface area (Å²) in [5.74, 6) is 0.160. The lowest BCUT2D eigenvalue weighted by atomic mass is 9.84. The quantitative estimate of drug-likeness (QED) is 0.539. The number of nitrogens with one attached hydrogen (secondary N) is 1. The zero-order chi connectivity index (χ0) is 25.4. The highest BCUT2D eigenvalue weighted by Gasteiger charge is 2.40. The van der Waals surface area contributed by atoms with Crippen LogP contribution in [-0.4, -0.2) is 72.5 Å². The number of rotatable bonds is 6. The summed E-state index contributed by atoms with van der Waals surface area (Å²) in [5.41, 5.74) is 4.07. The molecule has 2 saturated heterocycles. The van der Waals surface area contributed by atoms with Crippen LogP contribution in [0.15, 0.2) is 36.4 Å². The van der Waals surface area contributed by atoms with Gasteiger partial charge in [0.1, 0.15) is 0 Å². The second-order valence-corrected chi connectivity index (χ2v) is 11.2. The number of halogens is 2. The average Bonchev–Trinajstić information content (AvgIpc) is 3.12. The normalized spacial score (nSPS) is 22.1. The Kier molecular flexibility index (Phi) is 7.47. The summed E-state index contributed by atoms with van der Waals surface area (Å²) in [7, 11) is 1.90. The van der Waals surface area contributed by atoms with E-state index in [9.17, 15) is 9.59 Å². The first kappa shape index (κ1) is 25.4. The van der Waals surface area contributed by atoms with E-state index in [4.69, 9.17) is 23.2 Å². The fraction of sp³-hybridized carbons (Fsp3) is 0.500. The number of likely N-dealkylation sites (tertiary alicyclic amines) is 1. The number of likely N-dealkylation sites (N-methyl/N-ethyl adjacent to an activating group) is 1. The molecule has 3 heterocycles. The predicted octanol–water partition coefficient (Wildman–Crippen LogP) is 5.48. The summed E-state index contributed by atoms with van der Waals surface area (Å²) in [4.78, 5) is 31.8. The van der Waals surface area contributed by atoms with Crippen molar-refractivity contribution in [2.45, 2.75) is 50.6 Å². The zero-order valence-corrected chi connectivity index (χ0v) is 22.5. The molecule has 2 aromatic rings. The van der Waals surface area contributed by atoms with Crippen LogP contribution in [0.3, 0.4) is 0 Å². The van der Waals surface area contributed by atoms with E-state index in [1.54, 1.807) is 0 Å². The Morgan fingerprint density at radius 3 is 2.53 bits per heavy atom. The molecule has 0 bridgehead atoms. The summed E-state index contributed by atoms with van der Waals surface area (Å²) in [6.45, 7) is 6.52. The summed E-state index contributed by atoms with van der Waals surface area (Å²) in [6.07, 6.45) is 3.90. The predicted molar refractivity (Wildman–Crippen MR) is 144 cm³/mol. The van der Waals surface area contributed by atoms with Crippen molar-refractivity contribution in [1.82, 2.24) is 20.0 Å². The van der Waals surface area contributed by atoms with Crippen molar-refractivity contribution in [2.24, 2.45) is 0 Å². The van der Waals surface area contributed by atoms with Gasteiger partial charge in [0.05, 0.1) is 16.1 Å². The Labute approximate surface area is 223 Å². The van der Waals surface area contributed by atoms with Crippen LogP contribution in [0.25, 0.3) is 0 Å². The molecule has 192 valence electrons. The molecule has 0 aromatic heterocycles. The first-order valence-corrected chi connectivity index (χ1v) is 13.7. The van der Waals surface area contributed by atoms with E-state index < -0.39 is 0 Å². The van der Waals surface area contributed by atoms with E-state index in [1.165, 1.54) is 0 Å². The summed E-state index contributed by atoms with van der Waals surface area (Å²) < 4.78 is 0. The van der Waals surface area contributed by atoms with Crippen LogP contribution in [0.5, 0.6) is 0 Å².